The maximum Gasteiger partial charge on any atom is 0.206 e. The van der Waals surface area contributed by atoms with Crippen LogP contribution in [0.5, 0.6) is 5.75 Å². The van der Waals surface area contributed by atoms with Gasteiger partial charge in [-0.2, -0.15) is 0 Å². The number of nitrogens with two attached hydrogens (primary N) is 1. The average molecular weight is 278 g/mol. The fourth-order valence-electron chi connectivity index (χ4n) is 2.08. The number of aliphatic imine (C=N–C) groups is 1. The molecule has 110 valence electrons. The van der Waals surface area contributed by atoms with E-state index in [0.29, 0.717) is 25.7 Å². The van der Waals surface area contributed by atoms with Crippen molar-refractivity contribution in [2.45, 2.75) is 19.4 Å². The Morgan fingerprint density at radius 1 is 1.50 bits per heavy atom. The molecule has 1 aliphatic heterocycles. The Labute approximate surface area is 119 Å². The predicted octanol–water partition coefficient (Wildman–Crippen LogP) is 0.956. The number of hydrazine groups is 1. The minimum absolute atomic E-state index is 0.0768. The fraction of sp³-hybridized carbons (Fsp3) is 0.500. The summed E-state index contributed by atoms with van der Waals surface area (Å²) in [5.41, 5.74) is 3.72. The van der Waals surface area contributed by atoms with Gasteiger partial charge in [-0.15, -0.1) is 0 Å². The van der Waals surface area contributed by atoms with Crippen LogP contribution >= 0.6 is 0 Å². The fourth-order valence-corrected chi connectivity index (χ4v) is 2.08. The Kier molecular flexibility index (Phi) is 5.64. The molecule has 4 N–H and O–H groups in total. The third-order valence-corrected chi connectivity index (χ3v) is 3.07. The van der Waals surface area contributed by atoms with Gasteiger partial charge in [0.25, 0.3) is 0 Å². The van der Waals surface area contributed by atoms with Gasteiger partial charge in [-0.25, -0.2) is 5.84 Å². The van der Waals surface area contributed by atoms with Crippen LogP contribution in [0.15, 0.2) is 29.3 Å². The Morgan fingerprint density at radius 3 is 3.15 bits per heavy atom. The molecule has 0 spiro atoms. The van der Waals surface area contributed by atoms with Crippen LogP contribution in [0.25, 0.3) is 0 Å². The molecule has 1 aromatic carbocycles. The Bertz CT molecular complexity index is 451. The van der Waals surface area contributed by atoms with Crippen LogP contribution in [0.1, 0.15) is 24.9 Å². The quantitative estimate of drug-likeness (QED) is 0.237. The zero-order chi connectivity index (χ0) is 14.2. The van der Waals surface area contributed by atoms with E-state index in [1.54, 1.807) is 0 Å². The van der Waals surface area contributed by atoms with Crippen molar-refractivity contribution in [3.63, 3.8) is 0 Å². The second-order valence-corrected chi connectivity index (χ2v) is 4.47. The monoisotopic (exact) mass is 278 g/mol. The summed E-state index contributed by atoms with van der Waals surface area (Å²) in [6.45, 7) is 4.68. The van der Waals surface area contributed by atoms with Gasteiger partial charge >= 0.3 is 0 Å². The summed E-state index contributed by atoms with van der Waals surface area (Å²) >= 11 is 0. The van der Waals surface area contributed by atoms with Crippen molar-refractivity contribution in [1.29, 1.82) is 0 Å². The number of hydrogen-bond donors (Lipinski definition) is 3. The van der Waals surface area contributed by atoms with Crippen LogP contribution in [0.2, 0.25) is 0 Å². The molecule has 0 aromatic heterocycles. The smallest absolute Gasteiger partial charge is 0.206 e. The van der Waals surface area contributed by atoms with Gasteiger partial charge in [0.05, 0.1) is 6.04 Å². The average Bonchev–Trinajstić information content (AvgIpc) is 2.89. The van der Waals surface area contributed by atoms with E-state index in [4.69, 9.17) is 15.3 Å². The lowest BCUT2D eigenvalue weighted by atomic mass is 10.1. The van der Waals surface area contributed by atoms with Gasteiger partial charge < -0.3 is 14.8 Å². The first-order chi connectivity index (χ1) is 9.85. The Hall–Kier alpha value is -1.79. The van der Waals surface area contributed by atoms with Crippen molar-refractivity contribution < 1.29 is 9.47 Å². The highest BCUT2D eigenvalue weighted by Crippen LogP contribution is 2.31. The molecule has 0 saturated heterocycles. The van der Waals surface area contributed by atoms with Gasteiger partial charge in [0, 0.05) is 25.3 Å². The molecule has 0 fully saturated rings. The number of nitrogens with zero attached hydrogens (tertiary/aromatic N) is 1. The van der Waals surface area contributed by atoms with Crippen LogP contribution < -0.4 is 21.3 Å². The molecular formula is C14H22N4O2. The van der Waals surface area contributed by atoms with Crippen molar-refractivity contribution in [3.8, 4) is 5.75 Å². The van der Waals surface area contributed by atoms with Crippen LogP contribution in [0.4, 0.5) is 0 Å². The van der Waals surface area contributed by atoms with Crippen LogP contribution in [-0.4, -0.2) is 32.3 Å². The lowest BCUT2D eigenvalue weighted by Gasteiger charge is -2.14. The van der Waals surface area contributed by atoms with E-state index in [1.165, 1.54) is 0 Å². The van der Waals surface area contributed by atoms with Crippen molar-refractivity contribution in [3.05, 3.63) is 29.8 Å². The number of para-hydroxylation sites is 1. The Morgan fingerprint density at radius 2 is 2.35 bits per heavy atom. The highest BCUT2D eigenvalue weighted by atomic mass is 16.5. The standard InChI is InChI=1S/C14H22N4O2/c1-2-19-9-5-8-16-14(18-15)17-12-10-20-13-7-4-3-6-11(12)13/h3-4,6-7,12H,2,5,8-10,15H2,1H3,(H2,16,17,18). The van der Waals surface area contributed by atoms with E-state index in [9.17, 15) is 0 Å². The summed E-state index contributed by atoms with van der Waals surface area (Å²) < 4.78 is 10.9. The molecule has 1 heterocycles. The lowest BCUT2D eigenvalue weighted by molar-refractivity contribution is 0.146. The van der Waals surface area contributed by atoms with Gasteiger partial charge in [-0.05, 0) is 19.4 Å². The number of guanidine groups is 1. The number of nitrogens with one attached hydrogen (secondary N) is 2. The second kappa shape index (κ2) is 7.72. The number of rotatable bonds is 6. The van der Waals surface area contributed by atoms with E-state index >= 15 is 0 Å². The van der Waals surface area contributed by atoms with Crippen LogP contribution in [0, 0.1) is 0 Å². The first-order valence-electron chi connectivity index (χ1n) is 6.92. The maximum atomic E-state index is 5.61. The summed E-state index contributed by atoms with van der Waals surface area (Å²) in [6, 6.07) is 8.05. The largest absolute Gasteiger partial charge is 0.491 e. The molecule has 6 nitrogen and oxygen atoms in total. The molecule has 20 heavy (non-hydrogen) atoms. The molecular weight excluding hydrogens is 256 g/mol. The summed E-state index contributed by atoms with van der Waals surface area (Å²) in [7, 11) is 0. The van der Waals surface area contributed by atoms with Crippen LogP contribution in [0.3, 0.4) is 0 Å². The van der Waals surface area contributed by atoms with Gasteiger partial charge in [0.1, 0.15) is 12.4 Å². The minimum atomic E-state index is 0.0768. The molecule has 1 atom stereocenters. The second-order valence-electron chi connectivity index (χ2n) is 4.47. The molecule has 0 radical (unpaired) electrons. The van der Waals surface area contributed by atoms with Crippen molar-refractivity contribution in [2.24, 2.45) is 10.8 Å². The van der Waals surface area contributed by atoms with E-state index in [-0.39, 0.29) is 6.04 Å². The van der Waals surface area contributed by atoms with E-state index in [2.05, 4.69) is 15.7 Å². The highest BCUT2D eigenvalue weighted by molar-refractivity contribution is 5.79. The molecule has 0 bridgehead atoms. The first-order valence-corrected chi connectivity index (χ1v) is 6.92. The third kappa shape index (κ3) is 3.85. The number of hydrogen-bond acceptors (Lipinski definition) is 4. The maximum absolute atomic E-state index is 5.61. The number of benzene rings is 1. The van der Waals surface area contributed by atoms with Gasteiger partial charge in [0.15, 0.2) is 0 Å². The first kappa shape index (κ1) is 14.6. The van der Waals surface area contributed by atoms with Crippen molar-refractivity contribution in [1.82, 2.24) is 10.7 Å². The Balaban J connectivity index is 1.86. The minimum Gasteiger partial charge on any atom is -0.491 e. The number of fused-ring (bicyclic) bond motifs is 1. The molecule has 6 heteroatoms. The molecule has 0 aliphatic carbocycles. The zero-order valence-corrected chi connectivity index (χ0v) is 11.8. The van der Waals surface area contributed by atoms with Gasteiger partial charge in [0.2, 0.25) is 5.96 Å². The summed E-state index contributed by atoms with van der Waals surface area (Å²) in [5.74, 6) is 6.99. The van der Waals surface area contributed by atoms with Crippen molar-refractivity contribution in [2.75, 3.05) is 26.4 Å². The molecule has 0 saturated carbocycles. The summed E-state index contributed by atoms with van der Waals surface area (Å²) in [4.78, 5) is 4.38. The normalized spacial score (nSPS) is 17.5. The topological polar surface area (TPSA) is 80.9 Å². The summed E-state index contributed by atoms with van der Waals surface area (Å²) in [5, 5.41) is 3.26. The molecule has 1 aliphatic rings. The molecule has 1 unspecified atom stereocenters. The third-order valence-electron chi connectivity index (χ3n) is 3.07. The SMILES string of the molecule is CCOCCCN=C(NN)NC1COc2ccccc21. The summed E-state index contributed by atoms with van der Waals surface area (Å²) in [6.07, 6.45) is 0.873. The van der Waals surface area contributed by atoms with Crippen LogP contribution in [-0.2, 0) is 4.74 Å². The van der Waals surface area contributed by atoms with Gasteiger partial charge in [-0.3, -0.25) is 10.4 Å². The molecule has 0 amide bonds. The van der Waals surface area contributed by atoms with E-state index in [1.807, 2.05) is 31.2 Å². The van der Waals surface area contributed by atoms with Crippen molar-refractivity contribution >= 4 is 5.96 Å². The molecule has 2 rings (SSSR count). The predicted molar refractivity (Wildman–Crippen MR) is 78.5 cm³/mol. The van der Waals surface area contributed by atoms with Gasteiger partial charge in [-0.1, -0.05) is 18.2 Å². The molecule has 1 aromatic rings. The zero-order valence-electron chi connectivity index (χ0n) is 11.8. The lowest BCUT2D eigenvalue weighted by Crippen LogP contribution is -2.43. The van der Waals surface area contributed by atoms with E-state index in [0.717, 1.165) is 24.3 Å². The van der Waals surface area contributed by atoms with E-state index < -0.39 is 0 Å². The number of ether oxygens (including phenoxy) is 2. The highest BCUT2D eigenvalue weighted by Gasteiger charge is 2.24.